The molecule has 1 saturated heterocycles. The molecule has 2 unspecified atom stereocenters. The number of nitrogens with one attached hydrogen (secondary N) is 1. The molecule has 0 bridgehead atoms. The number of methoxy groups -OCH3 is 1. The summed E-state index contributed by atoms with van der Waals surface area (Å²) in [5.41, 5.74) is -1.72. The van der Waals surface area contributed by atoms with Crippen LogP contribution in [0.2, 0.25) is 0 Å². The summed E-state index contributed by atoms with van der Waals surface area (Å²) in [4.78, 5) is 35.6. The fourth-order valence-corrected chi connectivity index (χ4v) is 2.25. The van der Waals surface area contributed by atoms with Gasteiger partial charge in [-0.15, -0.1) is 0 Å². The van der Waals surface area contributed by atoms with Crippen molar-refractivity contribution < 1.29 is 24.2 Å². The van der Waals surface area contributed by atoms with Gasteiger partial charge in [0, 0.05) is 12.0 Å². The van der Waals surface area contributed by atoms with Crippen LogP contribution in [-0.2, 0) is 14.3 Å². The highest BCUT2D eigenvalue weighted by Crippen LogP contribution is 2.26. The van der Waals surface area contributed by atoms with E-state index in [1.165, 1.54) is 0 Å². The molecular formula is C14H15NO5. The van der Waals surface area contributed by atoms with Crippen LogP contribution in [0.4, 0.5) is 0 Å². The smallest absolute Gasteiger partial charge is 0.340 e. The highest BCUT2D eigenvalue weighted by Gasteiger charge is 2.52. The van der Waals surface area contributed by atoms with Gasteiger partial charge in [0.25, 0.3) is 0 Å². The average molecular weight is 277 g/mol. The molecule has 2 rings (SSSR count). The Morgan fingerprint density at radius 2 is 2.00 bits per heavy atom. The Hall–Kier alpha value is -2.21. The van der Waals surface area contributed by atoms with Gasteiger partial charge < -0.3 is 15.2 Å². The third-order valence-electron chi connectivity index (χ3n) is 3.38. The lowest BCUT2D eigenvalue weighted by Gasteiger charge is -2.36. The van der Waals surface area contributed by atoms with Crippen LogP contribution in [0.3, 0.4) is 0 Å². The molecule has 0 radical (unpaired) electrons. The van der Waals surface area contributed by atoms with E-state index >= 15 is 0 Å². The maximum Gasteiger partial charge on any atom is 0.340 e. The topological polar surface area (TPSA) is 92.7 Å². The number of ketones is 1. The molecule has 0 spiro atoms. The molecule has 1 fully saturated rings. The normalized spacial score (nSPS) is 25.7. The molecule has 1 aliphatic heterocycles. The second-order valence-corrected chi connectivity index (χ2v) is 4.65. The lowest BCUT2D eigenvalue weighted by Crippen LogP contribution is -2.64. The SMILES string of the molecule is COC(=O)C1(O)CCC(=O)NC1C(=O)c1ccccc1. The Morgan fingerprint density at radius 1 is 1.35 bits per heavy atom. The van der Waals surface area contributed by atoms with Crippen molar-refractivity contribution in [2.45, 2.75) is 24.5 Å². The molecule has 1 aromatic rings. The number of carbonyl (C=O) groups excluding carboxylic acids is 3. The molecule has 0 saturated carbocycles. The Morgan fingerprint density at radius 3 is 2.60 bits per heavy atom. The van der Waals surface area contributed by atoms with Crippen LogP contribution < -0.4 is 5.32 Å². The summed E-state index contributed by atoms with van der Waals surface area (Å²) in [6.07, 6.45) is -0.182. The van der Waals surface area contributed by atoms with Crippen molar-refractivity contribution in [2.75, 3.05) is 7.11 Å². The van der Waals surface area contributed by atoms with Crippen molar-refractivity contribution in [3.8, 4) is 0 Å². The molecule has 20 heavy (non-hydrogen) atoms. The van der Waals surface area contributed by atoms with Crippen LogP contribution in [0.25, 0.3) is 0 Å². The van der Waals surface area contributed by atoms with Gasteiger partial charge in [0.2, 0.25) is 5.91 Å². The standard InChI is InChI=1S/C14H15NO5/c1-20-13(18)14(19)8-7-10(16)15-12(14)11(17)9-5-3-2-4-6-9/h2-6,12,19H,7-8H2,1H3,(H,15,16). The maximum absolute atomic E-state index is 12.4. The first kappa shape index (κ1) is 14.2. The Balaban J connectivity index is 2.36. The van der Waals surface area contributed by atoms with Gasteiger partial charge in [0.15, 0.2) is 11.4 Å². The fraction of sp³-hybridized carbons (Fsp3) is 0.357. The van der Waals surface area contributed by atoms with Crippen LogP contribution in [0.5, 0.6) is 0 Å². The number of rotatable bonds is 3. The summed E-state index contributed by atoms with van der Waals surface area (Å²) in [5.74, 6) is -1.83. The first-order chi connectivity index (χ1) is 9.49. The predicted octanol–water partition coefficient (Wildman–Crippen LogP) is 0.0520. The first-order valence-corrected chi connectivity index (χ1v) is 6.18. The summed E-state index contributed by atoms with van der Waals surface area (Å²) >= 11 is 0. The minimum atomic E-state index is -2.03. The number of hydrogen-bond acceptors (Lipinski definition) is 5. The summed E-state index contributed by atoms with van der Waals surface area (Å²) in [6, 6.07) is 6.84. The van der Waals surface area contributed by atoms with Gasteiger partial charge in [-0.05, 0) is 6.42 Å². The van der Waals surface area contributed by atoms with Gasteiger partial charge in [0.1, 0.15) is 6.04 Å². The fourth-order valence-electron chi connectivity index (χ4n) is 2.25. The molecule has 2 N–H and O–H groups in total. The predicted molar refractivity (Wildman–Crippen MR) is 68.9 cm³/mol. The third-order valence-corrected chi connectivity index (χ3v) is 3.38. The van der Waals surface area contributed by atoms with E-state index in [0.717, 1.165) is 7.11 Å². The number of esters is 1. The van der Waals surface area contributed by atoms with Gasteiger partial charge in [-0.3, -0.25) is 9.59 Å². The van der Waals surface area contributed by atoms with E-state index in [1.54, 1.807) is 30.3 Å². The van der Waals surface area contributed by atoms with Crippen LogP contribution in [0, 0.1) is 0 Å². The number of piperidine rings is 1. The molecule has 1 aliphatic rings. The largest absolute Gasteiger partial charge is 0.467 e. The molecule has 1 aromatic carbocycles. The molecule has 1 amide bonds. The Kier molecular flexibility index (Phi) is 3.85. The van der Waals surface area contributed by atoms with E-state index in [4.69, 9.17) is 0 Å². The minimum absolute atomic E-state index is 0.0375. The van der Waals surface area contributed by atoms with Gasteiger partial charge in [-0.1, -0.05) is 30.3 Å². The first-order valence-electron chi connectivity index (χ1n) is 6.18. The molecular weight excluding hydrogens is 262 g/mol. The molecule has 0 aliphatic carbocycles. The number of benzene rings is 1. The number of hydrogen-bond donors (Lipinski definition) is 2. The third kappa shape index (κ3) is 2.42. The van der Waals surface area contributed by atoms with Gasteiger partial charge in [0.05, 0.1) is 7.11 Å². The lowest BCUT2D eigenvalue weighted by molar-refractivity contribution is -0.168. The van der Waals surface area contributed by atoms with E-state index < -0.39 is 23.4 Å². The number of carbonyl (C=O) groups is 3. The average Bonchev–Trinajstić information content (AvgIpc) is 2.49. The summed E-state index contributed by atoms with van der Waals surface area (Å²) < 4.78 is 4.55. The van der Waals surface area contributed by atoms with Crippen molar-refractivity contribution in [1.82, 2.24) is 5.32 Å². The number of ether oxygens (including phenoxy) is 1. The molecule has 106 valence electrons. The summed E-state index contributed by atoms with van der Waals surface area (Å²) in [7, 11) is 1.13. The van der Waals surface area contributed by atoms with Crippen molar-refractivity contribution in [3.05, 3.63) is 35.9 Å². The Labute approximate surface area is 115 Å². The van der Waals surface area contributed by atoms with Crippen LogP contribution in [0.1, 0.15) is 23.2 Å². The molecule has 6 nitrogen and oxygen atoms in total. The molecule has 2 atom stereocenters. The quantitative estimate of drug-likeness (QED) is 0.601. The molecule has 1 heterocycles. The van der Waals surface area contributed by atoms with Gasteiger partial charge in [-0.2, -0.15) is 0 Å². The van der Waals surface area contributed by atoms with E-state index in [2.05, 4.69) is 10.1 Å². The van der Waals surface area contributed by atoms with Crippen molar-refractivity contribution in [1.29, 1.82) is 0 Å². The zero-order chi connectivity index (χ0) is 14.8. The second-order valence-electron chi connectivity index (χ2n) is 4.65. The van der Waals surface area contributed by atoms with Gasteiger partial charge >= 0.3 is 5.97 Å². The molecule has 0 aromatic heterocycles. The zero-order valence-corrected chi connectivity index (χ0v) is 11.0. The summed E-state index contributed by atoms with van der Waals surface area (Å²) in [6.45, 7) is 0. The monoisotopic (exact) mass is 277 g/mol. The van der Waals surface area contributed by atoms with E-state index in [1.807, 2.05) is 0 Å². The number of aliphatic hydroxyl groups is 1. The van der Waals surface area contributed by atoms with Crippen molar-refractivity contribution in [2.24, 2.45) is 0 Å². The minimum Gasteiger partial charge on any atom is -0.467 e. The van der Waals surface area contributed by atoms with Crippen LogP contribution in [-0.4, -0.2) is 41.5 Å². The van der Waals surface area contributed by atoms with Crippen molar-refractivity contribution >= 4 is 17.7 Å². The second kappa shape index (κ2) is 5.42. The van der Waals surface area contributed by atoms with Crippen LogP contribution >= 0.6 is 0 Å². The van der Waals surface area contributed by atoms with E-state index in [9.17, 15) is 19.5 Å². The Bertz CT molecular complexity index is 542. The van der Waals surface area contributed by atoms with E-state index in [0.29, 0.717) is 5.56 Å². The number of Topliss-reactive ketones (excluding diaryl/α,β-unsaturated/α-hetero) is 1. The highest BCUT2D eigenvalue weighted by atomic mass is 16.5. The summed E-state index contributed by atoms with van der Waals surface area (Å²) in [5, 5.41) is 12.8. The molecule has 6 heteroatoms. The zero-order valence-electron chi connectivity index (χ0n) is 11.0. The van der Waals surface area contributed by atoms with E-state index in [-0.39, 0.29) is 18.7 Å². The van der Waals surface area contributed by atoms with Crippen LogP contribution in [0.15, 0.2) is 30.3 Å². The maximum atomic E-state index is 12.4. The van der Waals surface area contributed by atoms with Gasteiger partial charge in [-0.25, -0.2) is 4.79 Å². The lowest BCUT2D eigenvalue weighted by atomic mass is 9.81. The van der Waals surface area contributed by atoms with Crippen molar-refractivity contribution in [3.63, 3.8) is 0 Å². The highest BCUT2D eigenvalue weighted by molar-refractivity contribution is 6.06. The number of amides is 1.